The van der Waals surface area contributed by atoms with Gasteiger partial charge < -0.3 is 8.83 Å². The molecule has 0 spiro atoms. The van der Waals surface area contributed by atoms with Gasteiger partial charge in [-0.3, -0.25) is 0 Å². The molecule has 2 aromatic heterocycles. The quantitative estimate of drug-likeness (QED) is 0.225. The highest BCUT2D eigenvalue weighted by Crippen LogP contribution is 2.49. The molecular weight excluding hydrogens is 440 g/mol. The highest BCUT2D eigenvalue weighted by atomic mass is 16.3. The van der Waals surface area contributed by atoms with Crippen molar-refractivity contribution < 1.29 is 8.83 Å². The largest absolute Gasteiger partial charge is 0.456 e. The number of fused-ring (bicyclic) bond motifs is 8. The Labute approximate surface area is 208 Å². The fraction of sp³-hybridized carbons (Fsp3) is 0.176. The molecule has 36 heavy (non-hydrogen) atoms. The van der Waals surface area contributed by atoms with E-state index in [1.807, 2.05) is 0 Å². The summed E-state index contributed by atoms with van der Waals surface area (Å²) in [7, 11) is 0. The molecule has 2 heteroatoms. The molecule has 0 N–H and O–H groups in total. The van der Waals surface area contributed by atoms with Crippen molar-refractivity contribution in [3.63, 3.8) is 0 Å². The summed E-state index contributed by atoms with van der Waals surface area (Å²) >= 11 is 0. The van der Waals surface area contributed by atoms with Gasteiger partial charge in [-0.25, -0.2) is 0 Å². The molecule has 0 aliphatic rings. The molecule has 0 atom stereocenters. The molecule has 0 fully saturated rings. The molecule has 0 saturated heterocycles. The molecule has 2 heterocycles. The first-order valence-corrected chi connectivity index (χ1v) is 12.8. The maximum atomic E-state index is 6.44. The highest BCUT2D eigenvalue weighted by molar-refractivity contribution is 6.37. The van der Waals surface area contributed by atoms with Crippen LogP contribution in [0.4, 0.5) is 0 Å². The standard InChI is InChI=1S/C34H26O2/c1-5-18-14-23-30-19-10-6-8-12-26(19)36-29(30)17-22-25(34(2,3)4)15-24-31-20-11-7-9-13-27(20)35-28(31)16-21(18)32(24)33(22)23/h6-17H,5H2,1-4H3. The van der Waals surface area contributed by atoms with Gasteiger partial charge in [-0.05, 0) is 91.7 Å². The van der Waals surface area contributed by atoms with Crippen LogP contribution in [0.1, 0.15) is 38.8 Å². The Morgan fingerprint density at radius 3 is 1.64 bits per heavy atom. The van der Waals surface area contributed by atoms with Gasteiger partial charge in [0.05, 0.1) is 0 Å². The summed E-state index contributed by atoms with van der Waals surface area (Å²) in [5, 5.41) is 12.7. The van der Waals surface area contributed by atoms with Crippen molar-refractivity contribution in [3.05, 3.63) is 83.9 Å². The summed E-state index contributed by atoms with van der Waals surface area (Å²) in [4.78, 5) is 0. The zero-order chi connectivity index (χ0) is 24.3. The number of aryl methyl sites for hydroxylation is 1. The molecule has 174 valence electrons. The summed E-state index contributed by atoms with van der Waals surface area (Å²) in [6.45, 7) is 9.18. The minimum atomic E-state index is -0.0399. The number of para-hydroxylation sites is 2. The first kappa shape index (κ1) is 20.2. The second-order valence-corrected chi connectivity index (χ2v) is 11.2. The summed E-state index contributed by atoms with van der Waals surface area (Å²) in [6.07, 6.45) is 0.953. The van der Waals surface area contributed by atoms with E-state index in [-0.39, 0.29) is 5.41 Å². The van der Waals surface area contributed by atoms with Crippen molar-refractivity contribution in [2.75, 3.05) is 0 Å². The summed E-state index contributed by atoms with van der Waals surface area (Å²) < 4.78 is 12.9. The lowest BCUT2D eigenvalue weighted by atomic mass is 9.78. The van der Waals surface area contributed by atoms with Crippen LogP contribution < -0.4 is 0 Å². The average molecular weight is 467 g/mol. The van der Waals surface area contributed by atoms with Crippen LogP contribution in [0.2, 0.25) is 0 Å². The van der Waals surface area contributed by atoms with Crippen molar-refractivity contribution in [3.8, 4) is 0 Å². The van der Waals surface area contributed by atoms with E-state index in [1.54, 1.807) is 0 Å². The summed E-state index contributed by atoms with van der Waals surface area (Å²) in [5.41, 5.74) is 6.47. The number of hydrogen-bond donors (Lipinski definition) is 0. The van der Waals surface area contributed by atoms with E-state index in [2.05, 4.69) is 100 Å². The topological polar surface area (TPSA) is 26.3 Å². The minimum absolute atomic E-state index is 0.0399. The fourth-order valence-corrected chi connectivity index (χ4v) is 6.51. The van der Waals surface area contributed by atoms with Crippen molar-refractivity contribution in [2.24, 2.45) is 0 Å². The second kappa shape index (κ2) is 6.59. The van der Waals surface area contributed by atoms with Crippen LogP contribution in [0, 0.1) is 0 Å². The molecular formula is C34H26O2. The molecule has 8 aromatic rings. The van der Waals surface area contributed by atoms with Gasteiger partial charge in [-0.1, -0.05) is 64.1 Å². The second-order valence-electron chi connectivity index (χ2n) is 11.2. The minimum Gasteiger partial charge on any atom is -0.456 e. The van der Waals surface area contributed by atoms with Crippen molar-refractivity contribution >= 4 is 76.2 Å². The zero-order valence-electron chi connectivity index (χ0n) is 21.0. The predicted octanol–water partition coefficient (Wildman–Crippen LogP) is 10.2. The predicted molar refractivity (Wildman–Crippen MR) is 153 cm³/mol. The van der Waals surface area contributed by atoms with Crippen LogP contribution >= 0.6 is 0 Å². The Kier molecular flexibility index (Phi) is 3.69. The van der Waals surface area contributed by atoms with Crippen LogP contribution in [0.3, 0.4) is 0 Å². The van der Waals surface area contributed by atoms with Gasteiger partial charge in [-0.2, -0.15) is 0 Å². The van der Waals surface area contributed by atoms with Gasteiger partial charge >= 0.3 is 0 Å². The van der Waals surface area contributed by atoms with Crippen LogP contribution in [0.25, 0.3) is 76.2 Å². The van der Waals surface area contributed by atoms with Gasteiger partial charge in [0, 0.05) is 21.5 Å². The molecule has 0 amide bonds. The third-order valence-corrected chi connectivity index (χ3v) is 8.09. The van der Waals surface area contributed by atoms with Crippen LogP contribution in [-0.4, -0.2) is 0 Å². The molecule has 6 aromatic carbocycles. The maximum Gasteiger partial charge on any atom is 0.136 e. The van der Waals surface area contributed by atoms with Crippen molar-refractivity contribution in [2.45, 2.75) is 39.5 Å². The Hall–Kier alpha value is -4.04. The van der Waals surface area contributed by atoms with Gasteiger partial charge in [0.1, 0.15) is 22.3 Å². The molecule has 8 rings (SSSR count). The molecule has 0 unspecified atom stereocenters. The van der Waals surface area contributed by atoms with E-state index in [1.165, 1.54) is 65.0 Å². The number of benzene rings is 6. The first-order valence-electron chi connectivity index (χ1n) is 12.8. The van der Waals surface area contributed by atoms with E-state index < -0.39 is 0 Å². The monoisotopic (exact) mass is 466 g/mol. The van der Waals surface area contributed by atoms with E-state index in [0.717, 1.165) is 28.8 Å². The van der Waals surface area contributed by atoms with Crippen molar-refractivity contribution in [1.29, 1.82) is 0 Å². The Morgan fingerprint density at radius 2 is 1.06 bits per heavy atom. The highest BCUT2D eigenvalue weighted by Gasteiger charge is 2.26. The average Bonchev–Trinajstić information content (AvgIpc) is 3.43. The summed E-state index contributed by atoms with van der Waals surface area (Å²) in [6, 6.07) is 26.3. The number of rotatable bonds is 1. The molecule has 0 radical (unpaired) electrons. The van der Waals surface area contributed by atoms with Gasteiger partial charge in [0.2, 0.25) is 0 Å². The lowest BCUT2D eigenvalue weighted by Gasteiger charge is -2.25. The summed E-state index contributed by atoms with van der Waals surface area (Å²) in [5.74, 6) is 0. The number of furan rings is 2. The fourth-order valence-electron chi connectivity index (χ4n) is 6.51. The van der Waals surface area contributed by atoms with E-state index in [4.69, 9.17) is 8.83 Å². The van der Waals surface area contributed by atoms with Gasteiger partial charge in [0.15, 0.2) is 0 Å². The third kappa shape index (κ3) is 2.42. The third-order valence-electron chi connectivity index (χ3n) is 8.09. The van der Waals surface area contributed by atoms with Crippen LogP contribution in [0.15, 0.2) is 81.6 Å². The van der Waals surface area contributed by atoms with E-state index >= 15 is 0 Å². The van der Waals surface area contributed by atoms with Gasteiger partial charge in [-0.15, -0.1) is 0 Å². The lowest BCUT2D eigenvalue weighted by molar-refractivity contribution is 0.596. The Morgan fingerprint density at radius 1 is 0.528 bits per heavy atom. The van der Waals surface area contributed by atoms with Gasteiger partial charge in [0.25, 0.3) is 0 Å². The molecule has 0 bridgehead atoms. The molecule has 2 nitrogen and oxygen atoms in total. The van der Waals surface area contributed by atoms with Crippen LogP contribution in [0.5, 0.6) is 0 Å². The zero-order valence-corrected chi connectivity index (χ0v) is 21.0. The maximum absolute atomic E-state index is 6.44. The normalized spacial score (nSPS) is 13.1. The van der Waals surface area contributed by atoms with E-state index in [0.29, 0.717) is 0 Å². The molecule has 0 saturated carbocycles. The van der Waals surface area contributed by atoms with Crippen LogP contribution in [-0.2, 0) is 11.8 Å². The number of hydrogen-bond acceptors (Lipinski definition) is 2. The molecule has 0 aliphatic carbocycles. The smallest absolute Gasteiger partial charge is 0.136 e. The lowest BCUT2D eigenvalue weighted by Crippen LogP contribution is -2.12. The Balaban J connectivity index is 1.76. The van der Waals surface area contributed by atoms with E-state index in [9.17, 15) is 0 Å². The first-order chi connectivity index (χ1) is 17.4. The Bertz CT molecular complexity index is 2160. The molecule has 0 aliphatic heterocycles. The SMILES string of the molecule is CCc1cc2c3c(cc4c(C(C)(C)C)cc5c6c(cc1c5c42)oc1ccccc16)oc1ccccc13. The van der Waals surface area contributed by atoms with Crippen molar-refractivity contribution in [1.82, 2.24) is 0 Å².